The van der Waals surface area contributed by atoms with Gasteiger partial charge in [-0.1, -0.05) is 41.4 Å². The molecule has 0 amide bonds. The van der Waals surface area contributed by atoms with Crippen LogP contribution in [0, 0.1) is 0 Å². The topological polar surface area (TPSA) is 12.0 Å². The first-order valence-corrected chi connectivity index (χ1v) is 6.10. The van der Waals surface area contributed by atoms with Crippen LogP contribution in [0.1, 0.15) is 5.56 Å². The monoisotopic (exact) mass is 257 g/mol. The van der Waals surface area contributed by atoms with E-state index in [0.717, 1.165) is 20.6 Å². The average Bonchev–Trinajstić information content (AvgIpc) is 2.63. The van der Waals surface area contributed by atoms with Gasteiger partial charge in [-0.2, -0.15) is 0 Å². The Morgan fingerprint density at radius 1 is 1.20 bits per heavy atom. The highest BCUT2D eigenvalue weighted by Gasteiger charge is 2.00. The summed E-state index contributed by atoms with van der Waals surface area (Å²) in [6, 6.07) is 9.70. The van der Waals surface area contributed by atoms with E-state index in [4.69, 9.17) is 23.2 Å². The van der Waals surface area contributed by atoms with E-state index < -0.39 is 0 Å². The van der Waals surface area contributed by atoms with E-state index in [2.05, 4.69) is 5.32 Å². The Morgan fingerprint density at radius 3 is 2.67 bits per heavy atom. The predicted molar refractivity (Wildman–Crippen MR) is 68.1 cm³/mol. The number of thiophene rings is 1. The van der Waals surface area contributed by atoms with Crippen molar-refractivity contribution in [2.45, 2.75) is 6.54 Å². The van der Waals surface area contributed by atoms with E-state index in [-0.39, 0.29) is 0 Å². The minimum Gasteiger partial charge on any atom is -0.380 e. The minimum absolute atomic E-state index is 0.715. The lowest BCUT2D eigenvalue weighted by Gasteiger charge is -2.05. The molecule has 0 aliphatic carbocycles. The lowest BCUT2D eigenvalue weighted by molar-refractivity contribution is 1.15. The maximum Gasteiger partial charge on any atom is 0.0949 e. The lowest BCUT2D eigenvalue weighted by Crippen LogP contribution is -1.98. The SMILES string of the molecule is Clc1cc(NCc2ccccc2Cl)cs1. The zero-order chi connectivity index (χ0) is 10.7. The minimum atomic E-state index is 0.715. The Morgan fingerprint density at radius 2 is 2.00 bits per heavy atom. The molecule has 0 aliphatic heterocycles. The van der Waals surface area contributed by atoms with Crippen LogP contribution in [0.5, 0.6) is 0 Å². The van der Waals surface area contributed by atoms with Crippen molar-refractivity contribution in [3.05, 3.63) is 50.6 Å². The molecule has 15 heavy (non-hydrogen) atoms. The lowest BCUT2D eigenvalue weighted by atomic mass is 10.2. The van der Waals surface area contributed by atoms with Crippen LogP contribution in [0.2, 0.25) is 9.36 Å². The zero-order valence-electron chi connectivity index (χ0n) is 7.84. The number of hydrogen-bond acceptors (Lipinski definition) is 2. The Bertz CT molecular complexity index is 453. The molecule has 0 aliphatic rings. The summed E-state index contributed by atoms with van der Waals surface area (Å²) in [5, 5.41) is 6.03. The molecule has 0 fully saturated rings. The molecular formula is C11H9Cl2NS. The Balaban J connectivity index is 2.02. The molecule has 0 bridgehead atoms. The number of nitrogens with one attached hydrogen (secondary N) is 1. The van der Waals surface area contributed by atoms with E-state index >= 15 is 0 Å². The third kappa shape index (κ3) is 2.88. The molecule has 1 nitrogen and oxygen atoms in total. The standard InChI is InChI=1S/C11H9Cl2NS/c12-10-4-2-1-3-8(10)6-14-9-5-11(13)15-7-9/h1-5,7,14H,6H2. The smallest absolute Gasteiger partial charge is 0.0949 e. The molecule has 0 saturated carbocycles. The molecule has 0 radical (unpaired) electrons. The highest BCUT2D eigenvalue weighted by Crippen LogP contribution is 2.25. The van der Waals surface area contributed by atoms with E-state index in [9.17, 15) is 0 Å². The fourth-order valence-electron chi connectivity index (χ4n) is 1.24. The fraction of sp³-hybridized carbons (Fsp3) is 0.0909. The van der Waals surface area contributed by atoms with Gasteiger partial charge >= 0.3 is 0 Å². The van der Waals surface area contributed by atoms with Crippen LogP contribution in [-0.2, 0) is 6.54 Å². The van der Waals surface area contributed by atoms with Crippen molar-refractivity contribution in [3.8, 4) is 0 Å². The van der Waals surface area contributed by atoms with Crippen molar-refractivity contribution in [2.24, 2.45) is 0 Å². The van der Waals surface area contributed by atoms with Crippen molar-refractivity contribution in [1.29, 1.82) is 0 Å². The van der Waals surface area contributed by atoms with Gasteiger partial charge < -0.3 is 5.32 Å². The van der Waals surface area contributed by atoms with Crippen LogP contribution in [0.25, 0.3) is 0 Å². The van der Waals surface area contributed by atoms with Gasteiger partial charge in [-0.3, -0.25) is 0 Å². The van der Waals surface area contributed by atoms with Crippen LogP contribution < -0.4 is 5.32 Å². The van der Waals surface area contributed by atoms with Crippen LogP contribution in [-0.4, -0.2) is 0 Å². The van der Waals surface area contributed by atoms with Gasteiger partial charge in [-0.25, -0.2) is 0 Å². The number of benzene rings is 1. The van der Waals surface area contributed by atoms with Crippen molar-refractivity contribution in [1.82, 2.24) is 0 Å². The fourth-order valence-corrected chi connectivity index (χ4v) is 2.28. The number of halogens is 2. The Hall–Kier alpha value is -0.700. The maximum atomic E-state index is 6.03. The molecule has 1 aromatic carbocycles. The van der Waals surface area contributed by atoms with Gasteiger partial charge in [0.15, 0.2) is 0 Å². The first-order chi connectivity index (χ1) is 7.25. The zero-order valence-corrected chi connectivity index (χ0v) is 10.2. The van der Waals surface area contributed by atoms with Gasteiger partial charge in [0.05, 0.1) is 4.34 Å². The summed E-state index contributed by atoms with van der Waals surface area (Å²) in [6.07, 6.45) is 0. The van der Waals surface area contributed by atoms with Crippen LogP contribution >= 0.6 is 34.5 Å². The first kappa shape index (κ1) is 10.8. The van der Waals surface area contributed by atoms with Gasteiger partial charge in [0.2, 0.25) is 0 Å². The van der Waals surface area contributed by atoms with Gasteiger partial charge in [-0.15, -0.1) is 11.3 Å². The molecule has 1 aromatic heterocycles. The summed E-state index contributed by atoms with van der Waals surface area (Å²) in [5.41, 5.74) is 2.12. The predicted octanol–water partition coefficient (Wildman–Crippen LogP) is 4.67. The second-order valence-electron chi connectivity index (χ2n) is 3.08. The van der Waals surface area contributed by atoms with Gasteiger partial charge in [-0.05, 0) is 17.7 Å². The third-order valence-corrected chi connectivity index (χ3v) is 3.47. The molecule has 1 heterocycles. The molecule has 0 saturated heterocycles. The summed E-state index contributed by atoms with van der Waals surface area (Å²) in [6.45, 7) is 0.715. The highest BCUT2D eigenvalue weighted by molar-refractivity contribution is 7.14. The van der Waals surface area contributed by atoms with Gasteiger partial charge in [0.25, 0.3) is 0 Å². The average molecular weight is 258 g/mol. The van der Waals surface area contributed by atoms with Crippen molar-refractivity contribution in [3.63, 3.8) is 0 Å². The van der Waals surface area contributed by atoms with Crippen LogP contribution in [0.15, 0.2) is 35.7 Å². The highest BCUT2D eigenvalue weighted by atomic mass is 35.5. The summed E-state index contributed by atoms with van der Waals surface area (Å²) in [7, 11) is 0. The second kappa shape index (κ2) is 4.88. The third-order valence-electron chi connectivity index (χ3n) is 2.01. The Labute approximate surface area is 103 Å². The summed E-state index contributed by atoms with van der Waals surface area (Å²) < 4.78 is 0.789. The number of anilines is 1. The molecule has 0 spiro atoms. The van der Waals surface area contributed by atoms with E-state index in [1.165, 1.54) is 11.3 Å². The molecule has 4 heteroatoms. The van der Waals surface area contributed by atoms with Crippen molar-refractivity contribution < 1.29 is 0 Å². The number of hydrogen-bond donors (Lipinski definition) is 1. The molecule has 1 N–H and O–H groups in total. The van der Waals surface area contributed by atoms with Gasteiger partial charge in [0.1, 0.15) is 0 Å². The molecule has 0 atom stereocenters. The Kier molecular flexibility index (Phi) is 3.52. The molecule has 78 valence electrons. The first-order valence-electron chi connectivity index (χ1n) is 4.47. The van der Waals surface area contributed by atoms with Crippen molar-refractivity contribution >= 4 is 40.2 Å². The molecule has 2 rings (SSSR count). The summed E-state index contributed by atoms with van der Waals surface area (Å²) in [5.74, 6) is 0. The second-order valence-corrected chi connectivity index (χ2v) is 5.03. The largest absolute Gasteiger partial charge is 0.380 e. The van der Waals surface area contributed by atoms with Gasteiger partial charge in [0, 0.05) is 22.6 Å². The van der Waals surface area contributed by atoms with E-state index in [0.29, 0.717) is 6.54 Å². The number of rotatable bonds is 3. The quantitative estimate of drug-likeness (QED) is 0.843. The van der Waals surface area contributed by atoms with Crippen LogP contribution in [0.3, 0.4) is 0 Å². The maximum absolute atomic E-state index is 6.03. The van der Waals surface area contributed by atoms with Crippen molar-refractivity contribution in [2.75, 3.05) is 5.32 Å². The summed E-state index contributed by atoms with van der Waals surface area (Å²) >= 11 is 13.4. The van der Waals surface area contributed by atoms with Crippen LogP contribution in [0.4, 0.5) is 5.69 Å². The molecule has 0 unspecified atom stereocenters. The van der Waals surface area contributed by atoms with E-state index in [1.807, 2.05) is 35.7 Å². The molecular weight excluding hydrogens is 249 g/mol. The molecule has 2 aromatic rings. The normalized spacial score (nSPS) is 10.3. The van der Waals surface area contributed by atoms with E-state index in [1.54, 1.807) is 0 Å². The summed E-state index contributed by atoms with van der Waals surface area (Å²) in [4.78, 5) is 0.